The zero-order valence-corrected chi connectivity index (χ0v) is 40.5. The van der Waals surface area contributed by atoms with E-state index in [9.17, 15) is 4.79 Å². The van der Waals surface area contributed by atoms with Crippen LogP contribution in [-0.2, 0) is 0 Å². The maximum atomic E-state index is 11.3. The molecule has 0 heterocycles. The summed E-state index contributed by atoms with van der Waals surface area (Å²) < 4.78 is 16.2. The molecule has 0 aromatic heterocycles. The first kappa shape index (κ1) is 47.7. The van der Waals surface area contributed by atoms with Crippen molar-refractivity contribution in [1.82, 2.24) is 0 Å². The summed E-state index contributed by atoms with van der Waals surface area (Å²) in [5.74, 6) is 2.42. The summed E-state index contributed by atoms with van der Waals surface area (Å²) in [4.78, 5) is 15.7. The lowest BCUT2D eigenvalue weighted by Crippen LogP contribution is -2.09. The largest absolute Gasteiger partial charge is 0.497 e. The number of carbonyl (C=O) groups excluding carboxylic acids is 1. The summed E-state index contributed by atoms with van der Waals surface area (Å²) in [6.07, 6.45) is 18.0. The first-order chi connectivity index (χ1) is 35.4. The molecule has 0 N–H and O–H groups in total. The second kappa shape index (κ2) is 23.3. The fraction of sp³-hybridized carbons (Fsp3) is 0.0455. The lowest BCUT2D eigenvalue weighted by atomic mass is 10.1. The topological polar surface area (TPSA) is 51.2 Å². The van der Waals surface area contributed by atoms with Gasteiger partial charge in [0.25, 0.3) is 0 Å². The molecule has 6 heteroatoms. The second-order valence-electron chi connectivity index (χ2n) is 17.0. The Morgan fingerprint density at radius 3 is 0.556 bits per heavy atom. The van der Waals surface area contributed by atoms with Crippen molar-refractivity contribution in [2.75, 3.05) is 31.1 Å². The molecular formula is C66H54N2O4. The normalized spacial score (nSPS) is 11.4. The highest BCUT2D eigenvalue weighted by molar-refractivity contribution is 5.83. The van der Waals surface area contributed by atoms with Gasteiger partial charge in [0.2, 0.25) is 0 Å². The zero-order chi connectivity index (χ0) is 49.5. The van der Waals surface area contributed by atoms with Crippen LogP contribution in [0.1, 0.15) is 54.9 Å². The average molecular weight is 939 g/mol. The molecule has 0 amide bonds. The van der Waals surface area contributed by atoms with Gasteiger partial charge in [-0.25, -0.2) is 0 Å². The summed E-state index contributed by atoms with van der Waals surface area (Å²) in [5.41, 5.74) is 15.7. The molecule has 0 saturated heterocycles. The van der Waals surface area contributed by atoms with E-state index in [1.165, 1.54) is 0 Å². The maximum Gasteiger partial charge on any atom is 0.150 e. The number of ether oxygens (including phenoxy) is 3. The van der Waals surface area contributed by atoms with E-state index >= 15 is 0 Å². The highest BCUT2D eigenvalue weighted by Gasteiger charge is 2.14. The lowest BCUT2D eigenvalue weighted by Gasteiger charge is -2.26. The molecule has 6 nitrogen and oxygen atoms in total. The molecule has 9 rings (SSSR count). The number of nitrogens with zero attached hydrogens (tertiary/aromatic N) is 2. The number of benzene rings is 9. The molecule has 9 aromatic carbocycles. The number of carbonyl (C=O) groups is 1. The molecular weight excluding hydrogens is 885 g/mol. The SMILES string of the molecule is COc1ccc(N(c2ccc(C=O)cc2)c2ccc(/C=C/c3ccc(/C=C/c4ccc(/C=C/c5ccc(/C=C/c6ccc(N(c7ccc(OC)cc7)c7ccc(OC)cc7)cc6)cc5)cc4)cc3)cc2)cc1. The van der Waals surface area contributed by atoms with Crippen molar-refractivity contribution in [3.8, 4) is 17.2 Å². The third kappa shape index (κ3) is 12.2. The van der Waals surface area contributed by atoms with Crippen LogP contribution in [-0.4, -0.2) is 27.6 Å². The van der Waals surface area contributed by atoms with Gasteiger partial charge >= 0.3 is 0 Å². The Morgan fingerprint density at radius 2 is 0.389 bits per heavy atom. The van der Waals surface area contributed by atoms with Gasteiger partial charge in [-0.05, 0) is 166 Å². The monoisotopic (exact) mass is 938 g/mol. The Kier molecular flexibility index (Phi) is 15.4. The highest BCUT2D eigenvalue weighted by Crippen LogP contribution is 2.38. The predicted molar refractivity (Wildman–Crippen MR) is 302 cm³/mol. The van der Waals surface area contributed by atoms with E-state index in [4.69, 9.17) is 14.2 Å². The Balaban J connectivity index is 0.771. The van der Waals surface area contributed by atoms with Gasteiger partial charge < -0.3 is 24.0 Å². The molecule has 9 aromatic rings. The average Bonchev–Trinajstić information content (AvgIpc) is 3.45. The molecule has 0 aliphatic heterocycles. The van der Waals surface area contributed by atoms with Crippen LogP contribution in [0.3, 0.4) is 0 Å². The number of hydrogen-bond donors (Lipinski definition) is 0. The minimum Gasteiger partial charge on any atom is -0.497 e. The van der Waals surface area contributed by atoms with E-state index in [-0.39, 0.29) is 0 Å². The van der Waals surface area contributed by atoms with Crippen LogP contribution in [0, 0.1) is 0 Å². The summed E-state index contributed by atoms with van der Waals surface area (Å²) >= 11 is 0. The summed E-state index contributed by atoms with van der Waals surface area (Å²) in [5, 5.41) is 0. The molecule has 0 aliphatic rings. The first-order valence-corrected chi connectivity index (χ1v) is 23.7. The fourth-order valence-electron chi connectivity index (χ4n) is 8.18. The summed E-state index contributed by atoms with van der Waals surface area (Å²) in [6, 6.07) is 74.5. The molecule has 0 unspecified atom stereocenters. The van der Waals surface area contributed by atoms with Gasteiger partial charge in [-0.15, -0.1) is 0 Å². The van der Waals surface area contributed by atoms with Crippen molar-refractivity contribution in [3.63, 3.8) is 0 Å². The van der Waals surface area contributed by atoms with Crippen molar-refractivity contribution >= 4 is 89.0 Å². The quantitative estimate of drug-likeness (QED) is 0.0631. The number of methoxy groups -OCH3 is 3. The van der Waals surface area contributed by atoms with Crippen molar-refractivity contribution < 1.29 is 19.0 Å². The first-order valence-electron chi connectivity index (χ1n) is 23.7. The van der Waals surface area contributed by atoms with Crippen molar-refractivity contribution in [1.29, 1.82) is 0 Å². The molecule has 0 radical (unpaired) electrons. The van der Waals surface area contributed by atoms with Gasteiger partial charge in [-0.2, -0.15) is 0 Å². The van der Waals surface area contributed by atoms with Crippen LogP contribution in [0.4, 0.5) is 34.1 Å². The van der Waals surface area contributed by atoms with Crippen LogP contribution in [0.5, 0.6) is 17.2 Å². The maximum absolute atomic E-state index is 11.3. The van der Waals surface area contributed by atoms with Gasteiger partial charge in [0.05, 0.1) is 21.3 Å². The van der Waals surface area contributed by atoms with E-state index in [0.717, 1.165) is 102 Å². The zero-order valence-electron chi connectivity index (χ0n) is 40.5. The van der Waals surface area contributed by atoms with E-state index < -0.39 is 0 Å². The number of rotatable bonds is 18. The van der Waals surface area contributed by atoms with Gasteiger partial charge in [0.15, 0.2) is 0 Å². The Hall–Kier alpha value is -9.39. The molecule has 0 bridgehead atoms. The van der Waals surface area contributed by atoms with Crippen LogP contribution < -0.4 is 24.0 Å². The van der Waals surface area contributed by atoms with Crippen LogP contribution >= 0.6 is 0 Å². The van der Waals surface area contributed by atoms with Gasteiger partial charge in [-0.3, -0.25) is 4.79 Å². The fourth-order valence-corrected chi connectivity index (χ4v) is 8.18. The minimum absolute atomic E-state index is 0.637. The predicted octanol–water partition coefficient (Wildman–Crippen LogP) is 17.1. The smallest absolute Gasteiger partial charge is 0.150 e. The molecule has 0 spiro atoms. The van der Waals surface area contributed by atoms with E-state index in [1.807, 2.05) is 72.8 Å². The Labute approximate surface area is 423 Å². The van der Waals surface area contributed by atoms with E-state index in [0.29, 0.717) is 5.56 Å². The summed E-state index contributed by atoms with van der Waals surface area (Å²) in [7, 11) is 5.02. The minimum atomic E-state index is 0.637. The molecule has 72 heavy (non-hydrogen) atoms. The van der Waals surface area contributed by atoms with Crippen LogP contribution in [0.25, 0.3) is 48.6 Å². The summed E-state index contributed by atoms with van der Waals surface area (Å²) in [6.45, 7) is 0. The Morgan fingerprint density at radius 1 is 0.236 bits per heavy atom. The van der Waals surface area contributed by atoms with E-state index in [2.05, 4.69) is 204 Å². The molecule has 352 valence electrons. The Bertz CT molecular complexity index is 3240. The second-order valence-corrected chi connectivity index (χ2v) is 17.0. The number of anilines is 6. The van der Waals surface area contributed by atoms with E-state index in [1.54, 1.807) is 21.3 Å². The van der Waals surface area contributed by atoms with Crippen LogP contribution in [0.2, 0.25) is 0 Å². The van der Waals surface area contributed by atoms with Crippen LogP contribution in [0.15, 0.2) is 218 Å². The molecule has 0 aliphatic carbocycles. The molecule has 0 saturated carbocycles. The van der Waals surface area contributed by atoms with Crippen molar-refractivity contribution in [3.05, 3.63) is 268 Å². The third-order valence-electron chi connectivity index (χ3n) is 12.3. The lowest BCUT2D eigenvalue weighted by molar-refractivity contribution is 0.112. The van der Waals surface area contributed by atoms with Gasteiger partial charge in [0.1, 0.15) is 23.5 Å². The van der Waals surface area contributed by atoms with Gasteiger partial charge in [0, 0.05) is 39.7 Å². The highest BCUT2D eigenvalue weighted by atomic mass is 16.5. The molecule has 0 fully saturated rings. The third-order valence-corrected chi connectivity index (χ3v) is 12.3. The van der Waals surface area contributed by atoms with Gasteiger partial charge in [-0.1, -0.05) is 146 Å². The van der Waals surface area contributed by atoms with Crippen molar-refractivity contribution in [2.45, 2.75) is 0 Å². The number of hydrogen-bond acceptors (Lipinski definition) is 6. The van der Waals surface area contributed by atoms with Crippen molar-refractivity contribution in [2.24, 2.45) is 0 Å². The number of aldehydes is 1. The molecule has 0 atom stereocenters. The standard InChI is InChI=1S/C66H54N2O4/c1-70-64-42-36-61(37-43-64)67(60-34-28-57(48-69)29-35-60)58-30-24-55(25-31-58)22-20-53-16-12-51(13-17-53)10-8-49-4-6-50(7-5-49)9-11-52-14-18-54(19-15-52)21-23-56-26-32-59(33-27-56)68(62-38-44-65(71-2)45-39-62)63-40-46-66(72-3)47-41-63/h4-48H,1-3H3/b10-8+,11-9+,22-20+,23-21+.